The van der Waals surface area contributed by atoms with Gasteiger partial charge < -0.3 is 0 Å². The molecule has 0 atom stereocenters. The summed E-state index contributed by atoms with van der Waals surface area (Å²) in [4.78, 5) is 36.4. The van der Waals surface area contributed by atoms with Crippen LogP contribution in [0.25, 0.3) is 0 Å². The maximum atomic E-state index is 11.4. The van der Waals surface area contributed by atoms with E-state index in [1.54, 1.807) is 0 Å². The van der Waals surface area contributed by atoms with Crippen molar-refractivity contribution in [3.8, 4) is 0 Å². The first-order chi connectivity index (χ1) is 12.7. The Hall–Kier alpha value is -2.18. The van der Waals surface area contributed by atoms with Crippen LogP contribution in [0.1, 0.15) is 51.4 Å². The fourth-order valence-corrected chi connectivity index (χ4v) is 2.65. The highest BCUT2D eigenvalue weighted by Crippen LogP contribution is 2.18. The smallest absolute Gasteiger partial charge is 0.266 e. The predicted octanol–water partition coefficient (Wildman–Crippen LogP) is -2.31. The summed E-state index contributed by atoms with van der Waals surface area (Å²) in [5, 5.41) is 0.545. The molecule has 27 heavy (non-hydrogen) atoms. The Morgan fingerprint density at radius 3 is 1.63 bits per heavy atom. The third kappa shape index (κ3) is 7.93. The van der Waals surface area contributed by atoms with Gasteiger partial charge in [0.15, 0.2) is 0 Å². The van der Waals surface area contributed by atoms with E-state index in [-0.39, 0.29) is 6.03 Å². The van der Waals surface area contributed by atoms with Gasteiger partial charge in [-0.05, 0) is 56.4 Å². The van der Waals surface area contributed by atoms with Gasteiger partial charge in [-0.15, -0.1) is 20.2 Å². The number of carbonyl (C=O) groups excluding carboxylic acids is 3. The quantitative estimate of drug-likeness (QED) is 0.215. The second-order valence-corrected chi connectivity index (χ2v) is 6.65. The van der Waals surface area contributed by atoms with Crippen LogP contribution < -0.4 is 18.6 Å². The first kappa shape index (κ1) is 21.1. The van der Waals surface area contributed by atoms with Gasteiger partial charge in [-0.2, -0.15) is 0 Å². The van der Waals surface area contributed by atoms with Crippen LogP contribution in [0, 0.1) is 10.2 Å². The van der Waals surface area contributed by atoms with Gasteiger partial charge >= 0.3 is 6.03 Å². The molecule has 3 rings (SSSR count). The number of rotatable bonds is 2. The highest BCUT2D eigenvalue weighted by Gasteiger charge is 2.32. The number of nitrogens with zero attached hydrogens (tertiary/aromatic N) is 3. The van der Waals surface area contributed by atoms with Crippen molar-refractivity contribution in [3.05, 3.63) is 12.2 Å². The Bertz CT molecular complexity index is 628. The summed E-state index contributed by atoms with van der Waals surface area (Å²) in [6, 6.07) is 0.0706. The zero-order valence-electron chi connectivity index (χ0n) is 14.3. The standard InChI is InChI=1S/C15H18N3O4.ClHO4/c19-13-9-10-14(20)18(13)22-21-15(16-11-5-1-2-6-11)17-12-7-3-4-8-12;2-1(3,4)5/h9-10H,1-8H2;(H,2,3,4,5)/q+1;/p-1. The lowest BCUT2D eigenvalue weighted by atomic mass is 10.3. The molecule has 148 valence electrons. The lowest BCUT2D eigenvalue weighted by Gasteiger charge is -2.17. The normalized spacial score (nSPS) is 19.2. The molecule has 3 aliphatic rings. The van der Waals surface area contributed by atoms with Gasteiger partial charge in [0.1, 0.15) is 4.58 Å². The minimum absolute atomic E-state index is 0.0706. The summed E-state index contributed by atoms with van der Waals surface area (Å²) in [5.74, 6) is -1.15. The highest BCUT2D eigenvalue weighted by molar-refractivity contribution is 6.11. The second kappa shape index (κ2) is 9.67. The Morgan fingerprint density at radius 2 is 1.26 bits per heavy atom. The molecule has 1 aliphatic heterocycles. The van der Waals surface area contributed by atoms with E-state index in [0.29, 0.717) is 5.06 Å². The van der Waals surface area contributed by atoms with Crippen LogP contribution in [0.5, 0.6) is 0 Å². The number of amides is 4. The van der Waals surface area contributed by atoms with Gasteiger partial charge in [-0.25, -0.2) is 18.6 Å². The summed E-state index contributed by atoms with van der Waals surface area (Å²) in [6.45, 7) is 0. The van der Waals surface area contributed by atoms with Crippen molar-refractivity contribution < 1.29 is 48.0 Å². The first-order valence-corrected chi connectivity index (χ1v) is 9.48. The average Bonchev–Trinajstić information content (AvgIpc) is 3.29. The lowest BCUT2D eigenvalue weighted by Crippen LogP contribution is -2.68. The van der Waals surface area contributed by atoms with Crippen LogP contribution in [0.4, 0.5) is 4.58 Å². The first-order valence-electron chi connectivity index (χ1n) is 8.25. The second-order valence-electron chi connectivity index (χ2n) is 5.89. The molecule has 4 amide bonds. The molecule has 0 radical (unpaired) electrons. The SMILES string of the molecule is O=C1C=CC(=O)N1O[O+]=C(N=C1CCCC1)N=C1CCCC1.[O-][Cl+3]([O-])([O-])[O-]. The summed E-state index contributed by atoms with van der Waals surface area (Å²) in [7, 11) is -4.94. The summed E-state index contributed by atoms with van der Waals surface area (Å²) in [6.07, 6.45) is 10.3. The molecule has 0 aromatic rings. The monoisotopic (exact) mass is 403 g/mol. The maximum absolute atomic E-state index is 11.4. The average molecular weight is 404 g/mol. The zero-order valence-corrected chi connectivity index (χ0v) is 15.1. The number of hydrogen-bond donors (Lipinski definition) is 0. The largest absolute Gasteiger partial charge is 0.640 e. The van der Waals surface area contributed by atoms with Crippen molar-refractivity contribution in [2.45, 2.75) is 51.4 Å². The van der Waals surface area contributed by atoms with Crippen LogP contribution in [0.15, 0.2) is 22.1 Å². The molecule has 0 spiro atoms. The van der Waals surface area contributed by atoms with E-state index in [1.165, 1.54) is 0 Å². The van der Waals surface area contributed by atoms with Crippen LogP contribution in [-0.4, -0.2) is 34.3 Å². The van der Waals surface area contributed by atoms with Crippen molar-refractivity contribution in [1.29, 1.82) is 0 Å². The van der Waals surface area contributed by atoms with E-state index in [0.717, 1.165) is 74.9 Å². The van der Waals surface area contributed by atoms with Crippen LogP contribution in [-0.2, 0) is 14.6 Å². The van der Waals surface area contributed by atoms with Crippen molar-refractivity contribution in [3.63, 3.8) is 0 Å². The topological polar surface area (TPSA) is 175 Å². The number of hydrogen-bond acceptors (Lipinski definition) is 7. The number of urea groups is 1. The van der Waals surface area contributed by atoms with Gasteiger partial charge in [-0.3, -0.25) is 9.59 Å². The van der Waals surface area contributed by atoms with E-state index >= 15 is 0 Å². The molecule has 0 unspecified atom stereocenters. The molecular formula is C15H18ClN3O8. The highest BCUT2D eigenvalue weighted by atomic mass is 35.7. The summed E-state index contributed by atoms with van der Waals surface area (Å²) < 4.78 is 39.0. The molecule has 11 nitrogen and oxygen atoms in total. The van der Waals surface area contributed by atoms with Crippen molar-refractivity contribution in [2.24, 2.45) is 9.98 Å². The molecule has 2 aliphatic carbocycles. The summed E-state index contributed by atoms with van der Waals surface area (Å²) >= 11 is 0. The molecule has 0 aromatic carbocycles. The fraction of sp³-hybridized carbons (Fsp3) is 0.533. The van der Waals surface area contributed by atoms with Crippen molar-refractivity contribution in [2.75, 3.05) is 0 Å². The molecule has 2 fully saturated rings. The van der Waals surface area contributed by atoms with E-state index < -0.39 is 22.1 Å². The van der Waals surface area contributed by atoms with Gasteiger partial charge in [0, 0.05) is 28.6 Å². The van der Waals surface area contributed by atoms with Crippen molar-refractivity contribution in [1.82, 2.24) is 5.06 Å². The lowest BCUT2D eigenvalue weighted by molar-refractivity contribution is -2.00. The number of aliphatic imine (C=N–C) groups is 2. The van der Waals surface area contributed by atoms with E-state index in [2.05, 4.69) is 9.98 Å². The fourth-order valence-electron chi connectivity index (χ4n) is 2.65. The van der Waals surface area contributed by atoms with Crippen LogP contribution in [0.3, 0.4) is 0 Å². The minimum atomic E-state index is -4.94. The van der Waals surface area contributed by atoms with Gasteiger partial charge in [0.25, 0.3) is 11.8 Å². The maximum Gasteiger partial charge on any atom is 0.640 e. The molecule has 12 heteroatoms. The number of carbonyl (C=O) groups is 2. The molecule has 0 aromatic heterocycles. The van der Waals surface area contributed by atoms with Crippen LogP contribution in [0.2, 0.25) is 0 Å². The molecular weight excluding hydrogens is 386 g/mol. The molecule has 0 N–H and O–H groups in total. The Kier molecular flexibility index (Phi) is 7.56. The Balaban J connectivity index is 0.000000465. The third-order valence-electron chi connectivity index (χ3n) is 3.82. The number of imide groups is 1. The summed E-state index contributed by atoms with van der Waals surface area (Å²) in [5.41, 5.74) is 2.02. The Labute approximate surface area is 156 Å². The van der Waals surface area contributed by atoms with E-state index in [4.69, 9.17) is 28.2 Å². The molecule has 1 heterocycles. The number of hydroxylamine groups is 2. The van der Waals surface area contributed by atoms with E-state index in [9.17, 15) is 9.59 Å². The molecule has 0 bridgehead atoms. The predicted molar refractivity (Wildman–Crippen MR) is 79.3 cm³/mol. The van der Waals surface area contributed by atoms with Gasteiger partial charge in [-0.1, -0.05) is 0 Å². The van der Waals surface area contributed by atoms with Gasteiger partial charge in [0.2, 0.25) is 0 Å². The van der Waals surface area contributed by atoms with Gasteiger partial charge in [0.05, 0.1) is 0 Å². The molecule has 0 saturated heterocycles. The Morgan fingerprint density at radius 1 is 0.889 bits per heavy atom. The zero-order chi connectivity index (χ0) is 19.9. The minimum Gasteiger partial charge on any atom is -0.266 e. The number of halogens is 1. The van der Waals surface area contributed by atoms with Crippen LogP contribution >= 0.6 is 0 Å². The third-order valence-corrected chi connectivity index (χ3v) is 3.82. The van der Waals surface area contributed by atoms with E-state index in [1.807, 2.05) is 0 Å². The molecule has 2 saturated carbocycles. The van der Waals surface area contributed by atoms with Crippen molar-refractivity contribution >= 4 is 29.3 Å².